The lowest BCUT2D eigenvalue weighted by Crippen LogP contribution is -2.06. The summed E-state index contributed by atoms with van der Waals surface area (Å²) in [6.07, 6.45) is 3.86. The van der Waals surface area contributed by atoms with Crippen molar-refractivity contribution in [3.63, 3.8) is 0 Å². The number of rotatable bonds is 4. The number of aryl methyl sites for hydroxylation is 1. The Hall–Kier alpha value is 0.716. The molecule has 12 heavy (non-hydrogen) atoms. The highest BCUT2D eigenvalue weighted by Crippen LogP contribution is 2.03. The first-order valence-electron chi connectivity index (χ1n) is 4.50. The Bertz CT molecular complexity index is 218. The molecule has 0 aromatic heterocycles. The highest BCUT2D eigenvalue weighted by molar-refractivity contribution is 14.1. The van der Waals surface area contributed by atoms with E-state index in [1.807, 2.05) is 0 Å². The average Bonchev–Trinajstić information content (AvgIpc) is 2.15. The third-order valence-electron chi connectivity index (χ3n) is 2.00. The molecule has 0 unspecified atom stereocenters. The summed E-state index contributed by atoms with van der Waals surface area (Å²) in [5, 5.41) is 0. The van der Waals surface area contributed by atoms with Crippen molar-refractivity contribution >= 4 is 39.0 Å². The summed E-state index contributed by atoms with van der Waals surface area (Å²) < 4.78 is 1.57. The molecule has 0 saturated heterocycles. The fourth-order valence-corrected chi connectivity index (χ4v) is 3.12. The van der Waals surface area contributed by atoms with Crippen LogP contribution in [0.5, 0.6) is 0 Å². The van der Waals surface area contributed by atoms with Gasteiger partial charge in [-0.15, -0.1) is 0 Å². The molecule has 0 heterocycles. The average molecular weight is 284 g/mol. The van der Waals surface area contributed by atoms with Gasteiger partial charge in [-0.3, -0.25) is 18.9 Å². The number of hydrogen-bond donors (Lipinski definition) is 0. The van der Waals surface area contributed by atoms with Crippen molar-refractivity contribution < 1.29 is 0 Å². The van der Waals surface area contributed by atoms with Gasteiger partial charge in [0.1, 0.15) is 0 Å². The van der Waals surface area contributed by atoms with E-state index in [-0.39, 0.29) is 16.5 Å². The molecular weight excluding hydrogens is 271 g/mol. The maximum absolute atomic E-state index is 2.53. The zero-order valence-electron chi connectivity index (χ0n) is 7.52. The van der Waals surface area contributed by atoms with E-state index in [9.17, 15) is 0 Å². The second-order valence-corrected chi connectivity index (χ2v) is 6.43. The van der Waals surface area contributed by atoms with Crippen LogP contribution in [0, 0.1) is 0 Å². The minimum Gasteiger partial charge on any atom is -0.291 e. The van der Waals surface area contributed by atoms with Gasteiger partial charge in [0, 0.05) is 0 Å². The summed E-state index contributed by atoms with van der Waals surface area (Å²) in [6.45, 7) is 2.24. The number of hydrogen-bond acceptors (Lipinski definition) is 0. The van der Waals surface area contributed by atoms with Gasteiger partial charge in [0.25, 0.3) is 0 Å². The Morgan fingerprint density at radius 3 is 2.42 bits per heavy atom. The number of benzene rings is 1. The van der Waals surface area contributed by atoms with Crippen LogP contribution in [0.3, 0.4) is 0 Å². The second kappa shape index (κ2) is 6.21. The fourth-order valence-electron chi connectivity index (χ4n) is 1.18. The molecule has 0 bridgehead atoms. The first kappa shape index (κ1) is 10.8. The largest absolute Gasteiger partial charge is 0.502 e. The molecular formula is C10H13IMg. The van der Waals surface area contributed by atoms with Crippen molar-refractivity contribution in [3.8, 4) is 0 Å². The molecule has 0 atom stereocenters. The topological polar surface area (TPSA) is 0 Å². The molecule has 1 aromatic carbocycles. The van der Waals surface area contributed by atoms with Crippen LogP contribution in [0.25, 0.3) is 0 Å². The van der Waals surface area contributed by atoms with Gasteiger partial charge in [-0.25, -0.2) is 0 Å². The molecule has 0 aliphatic rings. The first-order valence-corrected chi connectivity index (χ1v) is 10.3. The van der Waals surface area contributed by atoms with Crippen LogP contribution < -0.4 is 3.69 Å². The minimum atomic E-state index is 0.0261. The standard InChI is InChI=1S/C10H13.HI.Mg/c1-2-3-7-10-8-5-4-6-9-10;;/h5-6,8-9H,2-3,7H2,1H3;1H;/q;;+1/p-1. The zero-order chi connectivity index (χ0) is 8.81. The molecule has 1 aromatic rings. The SMILES string of the molecule is CCCCc1cc[c]([Mg][I])cc1. The maximum Gasteiger partial charge on any atom is 0.502 e. The Labute approximate surface area is 94.2 Å². The van der Waals surface area contributed by atoms with Gasteiger partial charge in [0.15, 0.2) is 0 Å². The van der Waals surface area contributed by atoms with Gasteiger partial charge in [-0.1, -0.05) is 37.6 Å². The smallest absolute Gasteiger partial charge is 0.291 e. The predicted molar refractivity (Wildman–Crippen MR) is 64.5 cm³/mol. The lowest BCUT2D eigenvalue weighted by Gasteiger charge is -2.00. The summed E-state index contributed by atoms with van der Waals surface area (Å²) in [5.41, 5.74) is 1.50. The molecule has 0 saturated carbocycles. The summed E-state index contributed by atoms with van der Waals surface area (Å²) in [5.74, 6) is 0. The molecule has 0 N–H and O–H groups in total. The molecule has 62 valence electrons. The van der Waals surface area contributed by atoms with Gasteiger partial charge in [-0.05, 0) is 18.4 Å². The van der Waals surface area contributed by atoms with Crippen molar-refractivity contribution in [2.24, 2.45) is 0 Å². The molecule has 0 spiro atoms. The lowest BCUT2D eigenvalue weighted by molar-refractivity contribution is 0.795. The van der Waals surface area contributed by atoms with E-state index < -0.39 is 0 Å². The van der Waals surface area contributed by atoms with Crippen LogP contribution in [0.2, 0.25) is 0 Å². The van der Waals surface area contributed by atoms with E-state index in [4.69, 9.17) is 0 Å². The first-order chi connectivity index (χ1) is 5.86. The Kier molecular flexibility index (Phi) is 5.59. The Morgan fingerprint density at radius 1 is 1.25 bits per heavy atom. The van der Waals surface area contributed by atoms with Crippen molar-refractivity contribution in [2.45, 2.75) is 26.2 Å². The monoisotopic (exact) mass is 284 g/mol. The van der Waals surface area contributed by atoms with Crippen LogP contribution >= 0.6 is 18.9 Å². The van der Waals surface area contributed by atoms with Crippen LogP contribution in [-0.2, 0) is 6.42 Å². The van der Waals surface area contributed by atoms with Crippen molar-refractivity contribution in [1.29, 1.82) is 0 Å². The molecule has 0 amide bonds. The summed E-state index contributed by atoms with van der Waals surface area (Å²) >= 11 is 2.56. The Morgan fingerprint density at radius 2 is 1.92 bits per heavy atom. The van der Waals surface area contributed by atoms with Gasteiger partial charge in [0.2, 0.25) is 0 Å². The van der Waals surface area contributed by atoms with E-state index in [0.717, 1.165) is 0 Å². The van der Waals surface area contributed by atoms with Gasteiger partial charge in [0.05, 0.1) is 0 Å². The van der Waals surface area contributed by atoms with Crippen molar-refractivity contribution in [2.75, 3.05) is 0 Å². The highest BCUT2D eigenvalue weighted by atomic mass is 127. The van der Waals surface area contributed by atoms with Gasteiger partial charge < -0.3 is 0 Å². The molecule has 2 heteroatoms. The maximum atomic E-state index is 2.53. The minimum absolute atomic E-state index is 0.0261. The lowest BCUT2D eigenvalue weighted by atomic mass is 10.1. The van der Waals surface area contributed by atoms with Crippen LogP contribution in [0.4, 0.5) is 0 Å². The van der Waals surface area contributed by atoms with Crippen molar-refractivity contribution in [1.82, 2.24) is 0 Å². The predicted octanol–water partition coefficient (Wildman–Crippen LogP) is 2.71. The molecule has 0 fully saturated rings. The number of halogens is 1. The van der Waals surface area contributed by atoms with Crippen LogP contribution in [0.15, 0.2) is 24.3 Å². The fraction of sp³-hybridized carbons (Fsp3) is 0.400. The normalized spacial score (nSPS) is 9.50. The second-order valence-electron chi connectivity index (χ2n) is 3.05. The quantitative estimate of drug-likeness (QED) is 0.589. The van der Waals surface area contributed by atoms with Crippen LogP contribution in [-0.4, -0.2) is 16.5 Å². The van der Waals surface area contributed by atoms with Gasteiger partial charge in [-0.2, -0.15) is 3.69 Å². The summed E-state index contributed by atoms with van der Waals surface area (Å²) in [7, 11) is 0. The molecule has 1 rings (SSSR count). The Balaban J connectivity index is 2.53. The van der Waals surface area contributed by atoms with E-state index in [2.05, 4.69) is 50.0 Å². The van der Waals surface area contributed by atoms with Crippen molar-refractivity contribution in [3.05, 3.63) is 29.8 Å². The van der Waals surface area contributed by atoms with E-state index >= 15 is 0 Å². The number of unbranched alkanes of at least 4 members (excludes halogenated alkanes) is 1. The summed E-state index contributed by atoms with van der Waals surface area (Å²) in [6, 6.07) is 9.17. The van der Waals surface area contributed by atoms with E-state index in [0.29, 0.717) is 0 Å². The summed E-state index contributed by atoms with van der Waals surface area (Å²) in [4.78, 5) is 0. The molecule has 0 radical (unpaired) electrons. The highest BCUT2D eigenvalue weighted by Gasteiger charge is 1.95. The zero-order valence-corrected chi connectivity index (χ0v) is 11.1. The molecule has 0 nitrogen and oxygen atoms in total. The third-order valence-corrected chi connectivity index (χ3v) is 5.42. The van der Waals surface area contributed by atoms with Gasteiger partial charge >= 0.3 is 16.5 Å². The molecule has 0 aliphatic carbocycles. The third kappa shape index (κ3) is 3.62. The van der Waals surface area contributed by atoms with Crippen LogP contribution in [0.1, 0.15) is 25.3 Å². The van der Waals surface area contributed by atoms with E-state index in [1.54, 1.807) is 3.69 Å². The molecule has 0 aliphatic heterocycles. The van der Waals surface area contributed by atoms with E-state index in [1.165, 1.54) is 24.8 Å².